The van der Waals surface area contributed by atoms with Crippen LogP contribution in [0.4, 0.5) is 0 Å². The summed E-state index contributed by atoms with van der Waals surface area (Å²) in [7, 11) is 1.71. The molecule has 5 heteroatoms. The molecule has 0 fully saturated rings. The second kappa shape index (κ2) is 8.35. The first-order valence-corrected chi connectivity index (χ1v) is 9.56. The van der Waals surface area contributed by atoms with Crippen molar-refractivity contribution < 1.29 is 14.2 Å². The van der Waals surface area contributed by atoms with Crippen molar-refractivity contribution in [2.75, 3.05) is 26.8 Å². The van der Waals surface area contributed by atoms with Crippen LogP contribution in [0.5, 0.6) is 17.2 Å². The molecule has 1 aromatic heterocycles. The summed E-state index contributed by atoms with van der Waals surface area (Å²) in [5, 5.41) is 4.75. The average Bonchev–Trinajstić information content (AvgIpc) is 3.12. The Morgan fingerprint density at radius 1 is 1.15 bits per heavy atom. The lowest BCUT2D eigenvalue weighted by Gasteiger charge is -2.26. The summed E-state index contributed by atoms with van der Waals surface area (Å²) < 4.78 is 17.0. The highest BCUT2D eigenvalue weighted by Crippen LogP contribution is 2.30. The van der Waals surface area contributed by atoms with E-state index in [-0.39, 0.29) is 6.10 Å². The molecule has 0 saturated carbocycles. The lowest BCUT2D eigenvalue weighted by Crippen LogP contribution is -2.38. The minimum atomic E-state index is 0.0704. The molecule has 0 radical (unpaired) electrons. The van der Waals surface area contributed by atoms with Crippen molar-refractivity contribution in [2.45, 2.75) is 25.4 Å². The number of rotatable bonds is 8. The van der Waals surface area contributed by atoms with Crippen molar-refractivity contribution in [3.05, 3.63) is 54.2 Å². The Morgan fingerprint density at radius 2 is 2.04 bits per heavy atom. The zero-order chi connectivity index (χ0) is 18.5. The molecule has 0 bridgehead atoms. The number of ether oxygens (including phenoxy) is 3. The number of H-pyrrole nitrogens is 1. The zero-order valence-electron chi connectivity index (χ0n) is 15.7. The molecule has 0 amide bonds. The van der Waals surface area contributed by atoms with Crippen LogP contribution in [0.15, 0.2) is 48.7 Å². The average molecular weight is 366 g/mol. The van der Waals surface area contributed by atoms with Gasteiger partial charge in [0.25, 0.3) is 0 Å². The van der Waals surface area contributed by atoms with Crippen molar-refractivity contribution in [1.29, 1.82) is 0 Å². The van der Waals surface area contributed by atoms with Crippen molar-refractivity contribution in [1.82, 2.24) is 10.3 Å². The Hall–Kier alpha value is -2.66. The monoisotopic (exact) mass is 366 g/mol. The van der Waals surface area contributed by atoms with E-state index in [0.717, 1.165) is 49.6 Å². The third-order valence-corrected chi connectivity index (χ3v) is 4.96. The van der Waals surface area contributed by atoms with Crippen LogP contribution in [0, 0.1) is 0 Å². The molecular weight excluding hydrogens is 340 g/mol. The molecule has 0 spiro atoms. The number of aromatic nitrogens is 1. The van der Waals surface area contributed by atoms with Gasteiger partial charge in [0.05, 0.1) is 7.11 Å². The third kappa shape index (κ3) is 4.19. The summed E-state index contributed by atoms with van der Waals surface area (Å²) in [5.74, 6) is 2.58. The van der Waals surface area contributed by atoms with Crippen molar-refractivity contribution in [3.8, 4) is 17.2 Å². The largest absolute Gasteiger partial charge is 0.497 e. The minimum absolute atomic E-state index is 0.0704. The van der Waals surface area contributed by atoms with E-state index in [1.54, 1.807) is 7.11 Å². The van der Waals surface area contributed by atoms with Crippen LogP contribution in [0.3, 0.4) is 0 Å². The molecule has 1 unspecified atom stereocenters. The normalized spacial score (nSPS) is 15.8. The van der Waals surface area contributed by atoms with Gasteiger partial charge in [-0.25, -0.2) is 0 Å². The van der Waals surface area contributed by atoms with Crippen LogP contribution in [0.1, 0.15) is 18.4 Å². The van der Waals surface area contributed by atoms with Gasteiger partial charge in [0.15, 0.2) is 11.5 Å². The predicted octanol–water partition coefficient (Wildman–Crippen LogP) is 3.93. The number of hydrogen-bond acceptors (Lipinski definition) is 4. The Kier molecular flexibility index (Phi) is 5.49. The molecular formula is C22H26N2O3. The second-order valence-corrected chi connectivity index (χ2v) is 6.88. The number of para-hydroxylation sites is 2. The van der Waals surface area contributed by atoms with Crippen LogP contribution >= 0.6 is 0 Å². The van der Waals surface area contributed by atoms with Gasteiger partial charge in [0.2, 0.25) is 0 Å². The summed E-state index contributed by atoms with van der Waals surface area (Å²) in [6, 6.07) is 14.0. The van der Waals surface area contributed by atoms with E-state index in [0.29, 0.717) is 6.61 Å². The first kappa shape index (κ1) is 17.7. The molecule has 0 saturated heterocycles. The second-order valence-electron chi connectivity index (χ2n) is 6.88. The van der Waals surface area contributed by atoms with Gasteiger partial charge in [-0.2, -0.15) is 0 Å². The third-order valence-electron chi connectivity index (χ3n) is 4.96. The molecule has 142 valence electrons. The molecule has 5 nitrogen and oxygen atoms in total. The maximum atomic E-state index is 5.96. The fourth-order valence-electron chi connectivity index (χ4n) is 3.48. The topological polar surface area (TPSA) is 55.5 Å². The number of benzene rings is 2. The Morgan fingerprint density at radius 3 is 2.93 bits per heavy atom. The number of unbranched alkanes of at least 4 members (excludes halogenated alkanes) is 1. The smallest absolute Gasteiger partial charge is 0.161 e. The maximum absolute atomic E-state index is 5.96. The summed E-state index contributed by atoms with van der Waals surface area (Å²) in [6.45, 7) is 2.38. The molecule has 2 heterocycles. The Balaban J connectivity index is 1.18. The van der Waals surface area contributed by atoms with Crippen molar-refractivity contribution in [2.24, 2.45) is 0 Å². The maximum Gasteiger partial charge on any atom is 0.161 e. The van der Waals surface area contributed by atoms with E-state index in [4.69, 9.17) is 14.2 Å². The molecule has 27 heavy (non-hydrogen) atoms. The SMILES string of the molecule is COc1ccc2[nH]cc(CCCCNCC3COc4ccccc4O3)c2c1. The standard InChI is InChI=1S/C22H26N2O3/c1-25-17-9-10-20-19(12-17)16(13-24-20)6-4-5-11-23-14-18-15-26-21-7-2-3-8-22(21)27-18/h2-3,7-10,12-13,18,23-24H,4-6,11,14-15H2,1H3. The van der Waals surface area contributed by atoms with Gasteiger partial charge in [-0.3, -0.25) is 0 Å². The van der Waals surface area contributed by atoms with Gasteiger partial charge in [-0.1, -0.05) is 12.1 Å². The molecule has 2 N–H and O–H groups in total. The number of fused-ring (bicyclic) bond motifs is 2. The quantitative estimate of drug-likeness (QED) is 0.593. The molecule has 1 atom stereocenters. The number of methoxy groups -OCH3 is 1. The number of aromatic amines is 1. The highest BCUT2D eigenvalue weighted by Gasteiger charge is 2.19. The minimum Gasteiger partial charge on any atom is -0.497 e. The molecule has 2 aromatic carbocycles. The van der Waals surface area contributed by atoms with Crippen LogP contribution in [0.2, 0.25) is 0 Å². The van der Waals surface area contributed by atoms with Crippen molar-refractivity contribution >= 4 is 10.9 Å². The van der Waals surface area contributed by atoms with Gasteiger partial charge < -0.3 is 24.5 Å². The summed E-state index contributed by atoms with van der Waals surface area (Å²) in [4.78, 5) is 3.34. The van der Waals surface area contributed by atoms with Crippen LogP contribution in [0.25, 0.3) is 10.9 Å². The highest BCUT2D eigenvalue weighted by molar-refractivity contribution is 5.84. The van der Waals surface area contributed by atoms with Crippen LogP contribution < -0.4 is 19.5 Å². The lowest BCUT2D eigenvalue weighted by atomic mass is 10.1. The van der Waals surface area contributed by atoms with Gasteiger partial charge >= 0.3 is 0 Å². The number of nitrogens with one attached hydrogen (secondary N) is 2. The van der Waals surface area contributed by atoms with Crippen LogP contribution in [-0.2, 0) is 6.42 Å². The number of aryl methyl sites for hydroxylation is 1. The van der Waals surface area contributed by atoms with E-state index in [1.807, 2.05) is 30.3 Å². The summed E-state index contributed by atoms with van der Waals surface area (Å²) in [6.07, 6.45) is 5.51. The van der Waals surface area contributed by atoms with E-state index >= 15 is 0 Å². The van der Waals surface area contributed by atoms with E-state index in [9.17, 15) is 0 Å². The van der Waals surface area contributed by atoms with Crippen molar-refractivity contribution in [3.63, 3.8) is 0 Å². The first-order valence-electron chi connectivity index (χ1n) is 9.56. The molecule has 1 aliphatic rings. The van der Waals surface area contributed by atoms with Gasteiger partial charge in [0, 0.05) is 23.6 Å². The Bertz CT molecular complexity index is 890. The lowest BCUT2D eigenvalue weighted by molar-refractivity contribution is 0.0905. The summed E-state index contributed by atoms with van der Waals surface area (Å²) in [5.41, 5.74) is 2.52. The molecule has 3 aromatic rings. The predicted molar refractivity (Wildman–Crippen MR) is 107 cm³/mol. The van der Waals surface area contributed by atoms with Crippen LogP contribution in [-0.4, -0.2) is 37.9 Å². The molecule has 1 aliphatic heterocycles. The van der Waals surface area contributed by atoms with E-state index in [1.165, 1.54) is 16.5 Å². The number of hydrogen-bond donors (Lipinski definition) is 2. The van der Waals surface area contributed by atoms with E-state index in [2.05, 4.69) is 28.6 Å². The van der Waals surface area contributed by atoms with Gasteiger partial charge in [-0.05, 0) is 61.7 Å². The highest BCUT2D eigenvalue weighted by atomic mass is 16.6. The van der Waals surface area contributed by atoms with E-state index < -0.39 is 0 Å². The molecule has 4 rings (SSSR count). The van der Waals surface area contributed by atoms with Gasteiger partial charge in [0.1, 0.15) is 18.5 Å². The van der Waals surface area contributed by atoms with Gasteiger partial charge in [-0.15, -0.1) is 0 Å². The first-order chi connectivity index (χ1) is 13.3. The summed E-state index contributed by atoms with van der Waals surface area (Å²) >= 11 is 0. The molecule has 0 aliphatic carbocycles. The zero-order valence-corrected chi connectivity index (χ0v) is 15.7. The fraction of sp³-hybridized carbons (Fsp3) is 0.364. The Labute approximate surface area is 159 Å². The fourth-order valence-corrected chi connectivity index (χ4v) is 3.48.